The Hall–Kier alpha value is -3.14. The predicted octanol–water partition coefficient (Wildman–Crippen LogP) is 4.61. The van der Waals surface area contributed by atoms with Crippen LogP contribution in [0.15, 0.2) is 64.4 Å². The molecule has 0 radical (unpaired) electrons. The molecule has 8 nitrogen and oxygen atoms in total. The second kappa shape index (κ2) is 9.38. The summed E-state index contributed by atoms with van der Waals surface area (Å²) in [5.41, 5.74) is 0.951. The normalized spacial score (nSPS) is 11.2. The van der Waals surface area contributed by atoms with Crippen LogP contribution in [0.25, 0.3) is 22.2 Å². The Kier molecular flexibility index (Phi) is 6.97. The molecule has 0 saturated heterocycles. The van der Waals surface area contributed by atoms with Crippen molar-refractivity contribution in [1.82, 2.24) is 14.7 Å². The number of anilines is 2. The van der Waals surface area contributed by atoms with Crippen LogP contribution >= 0.6 is 23.2 Å². The van der Waals surface area contributed by atoms with Gasteiger partial charge in [0.05, 0.1) is 20.5 Å². The molecule has 2 heterocycles. The maximum atomic E-state index is 13.1. The van der Waals surface area contributed by atoms with Crippen LogP contribution in [-0.4, -0.2) is 36.5 Å². The van der Waals surface area contributed by atoms with Crippen LogP contribution in [0.2, 0.25) is 10.0 Å². The zero-order valence-corrected chi connectivity index (χ0v) is 19.2. The van der Waals surface area contributed by atoms with Gasteiger partial charge in [-0.15, -0.1) is 4.73 Å². The van der Waals surface area contributed by atoms with Gasteiger partial charge in [0.25, 0.3) is 5.56 Å². The van der Waals surface area contributed by atoms with Gasteiger partial charge in [0.2, 0.25) is 5.95 Å². The van der Waals surface area contributed by atoms with E-state index in [1.165, 1.54) is 25.4 Å². The Morgan fingerprint density at radius 2 is 1.70 bits per heavy atom. The molecule has 0 aliphatic heterocycles. The average Bonchev–Trinajstić information content (AvgIpc) is 2.74. The molecule has 1 N–H and O–H groups in total. The van der Waals surface area contributed by atoms with Crippen molar-refractivity contribution < 1.29 is 13.3 Å². The number of nitrogens with one attached hydrogen (secondary N) is 1. The number of rotatable bonds is 5. The van der Waals surface area contributed by atoms with Gasteiger partial charge in [-0.2, -0.15) is 4.98 Å². The van der Waals surface area contributed by atoms with Gasteiger partial charge in [-0.05, 0) is 42.5 Å². The van der Waals surface area contributed by atoms with Crippen molar-refractivity contribution in [2.24, 2.45) is 0 Å². The lowest BCUT2D eigenvalue weighted by molar-refractivity contribution is 0.168. The molecule has 0 saturated carbocycles. The van der Waals surface area contributed by atoms with Crippen molar-refractivity contribution in [3.8, 4) is 11.1 Å². The fraction of sp³-hybridized carbons (Fsp3) is 0.136. The quantitative estimate of drug-likeness (QED) is 0.421. The first-order valence-corrected chi connectivity index (χ1v) is 11.8. The molecule has 172 valence electrons. The molecule has 33 heavy (non-hydrogen) atoms. The number of halogens is 2. The SMILES string of the molecule is C.COn1c(=O)c(-c2c(Cl)cccc2Cl)cc2cnc(Nc3ccc(S(C)(=O)=O)cc3)nc21. The van der Waals surface area contributed by atoms with E-state index < -0.39 is 15.4 Å². The lowest BCUT2D eigenvalue weighted by Gasteiger charge is -2.13. The number of benzene rings is 2. The second-order valence-electron chi connectivity index (χ2n) is 6.83. The van der Waals surface area contributed by atoms with E-state index in [0.717, 1.165) is 11.0 Å². The van der Waals surface area contributed by atoms with Crippen molar-refractivity contribution in [1.29, 1.82) is 0 Å². The van der Waals surface area contributed by atoms with Crippen molar-refractivity contribution in [3.63, 3.8) is 0 Å². The summed E-state index contributed by atoms with van der Waals surface area (Å²) < 4.78 is 24.3. The van der Waals surface area contributed by atoms with Crippen molar-refractivity contribution >= 4 is 55.7 Å². The van der Waals surface area contributed by atoms with Gasteiger partial charge in [0.15, 0.2) is 15.5 Å². The summed E-state index contributed by atoms with van der Waals surface area (Å²) in [6, 6.07) is 12.7. The van der Waals surface area contributed by atoms with Crippen LogP contribution in [-0.2, 0) is 9.84 Å². The topological polar surface area (TPSA) is 103 Å². The molecule has 0 fully saturated rings. The molecule has 2 aromatic heterocycles. The van der Waals surface area contributed by atoms with Crippen molar-refractivity contribution in [3.05, 3.63) is 75.1 Å². The van der Waals surface area contributed by atoms with Crippen LogP contribution in [0.1, 0.15) is 7.43 Å². The number of sulfone groups is 1. The average molecular weight is 507 g/mol. The van der Waals surface area contributed by atoms with E-state index >= 15 is 0 Å². The zero-order valence-electron chi connectivity index (χ0n) is 16.8. The van der Waals surface area contributed by atoms with E-state index in [1.807, 2.05) is 0 Å². The van der Waals surface area contributed by atoms with Gasteiger partial charge in [0.1, 0.15) is 7.11 Å². The third-order valence-corrected chi connectivity index (χ3v) is 6.41. The van der Waals surface area contributed by atoms with Crippen LogP contribution in [0.3, 0.4) is 0 Å². The minimum atomic E-state index is -3.30. The predicted molar refractivity (Wildman–Crippen MR) is 131 cm³/mol. The summed E-state index contributed by atoms with van der Waals surface area (Å²) in [4.78, 5) is 27.3. The Balaban J connectivity index is 0.00000306. The molecule has 0 bridgehead atoms. The van der Waals surface area contributed by atoms with E-state index in [2.05, 4.69) is 15.3 Å². The lowest BCUT2D eigenvalue weighted by atomic mass is 10.1. The molecule has 4 rings (SSSR count). The number of aromatic nitrogens is 3. The highest BCUT2D eigenvalue weighted by Gasteiger charge is 2.18. The first-order valence-electron chi connectivity index (χ1n) is 9.18. The molecular weight excluding hydrogens is 487 g/mol. The molecule has 0 amide bonds. The molecule has 0 atom stereocenters. The summed E-state index contributed by atoms with van der Waals surface area (Å²) >= 11 is 12.6. The van der Waals surface area contributed by atoms with E-state index in [1.54, 1.807) is 36.4 Å². The van der Waals surface area contributed by atoms with Crippen molar-refractivity contribution in [2.75, 3.05) is 18.7 Å². The molecular formula is C22H20Cl2N4O4S. The monoisotopic (exact) mass is 506 g/mol. The Bertz CT molecular complexity index is 1480. The summed E-state index contributed by atoms with van der Waals surface area (Å²) in [7, 11) is -1.96. The highest BCUT2D eigenvalue weighted by molar-refractivity contribution is 7.90. The highest BCUT2D eigenvalue weighted by Crippen LogP contribution is 2.33. The van der Waals surface area contributed by atoms with E-state index in [-0.39, 0.29) is 29.5 Å². The van der Waals surface area contributed by atoms with Gasteiger partial charge in [0, 0.05) is 29.1 Å². The van der Waals surface area contributed by atoms with Gasteiger partial charge in [-0.3, -0.25) is 4.79 Å². The fourth-order valence-corrected chi connectivity index (χ4v) is 4.38. The van der Waals surface area contributed by atoms with Crippen LogP contribution in [0.4, 0.5) is 11.6 Å². The number of fused-ring (bicyclic) bond motifs is 1. The minimum Gasteiger partial charge on any atom is -0.412 e. The first-order chi connectivity index (χ1) is 15.2. The third kappa shape index (κ3) is 4.80. The second-order valence-corrected chi connectivity index (χ2v) is 9.66. The zero-order chi connectivity index (χ0) is 23.0. The largest absolute Gasteiger partial charge is 0.412 e. The van der Waals surface area contributed by atoms with Crippen LogP contribution in [0, 0.1) is 0 Å². The standard InChI is InChI=1S/C21H16Cl2N4O4S.CH4/c1-31-27-19-12(10-15(20(27)28)18-16(22)4-3-5-17(18)23)11-24-21(26-19)25-13-6-8-14(9-7-13)32(2,29)30;/h3-11H,1-2H3,(H,24,25,26);1H4. The fourth-order valence-electron chi connectivity index (χ4n) is 3.15. The molecule has 0 spiro atoms. The van der Waals surface area contributed by atoms with E-state index in [0.29, 0.717) is 26.7 Å². The molecule has 0 aliphatic rings. The van der Waals surface area contributed by atoms with Gasteiger partial charge < -0.3 is 10.2 Å². The molecule has 0 unspecified atom stereocenters. The first kappa shape index (κ1) is 24.5. The summed E-state index contributed by atoms with van der Waals surface area (Å²) in [6.45, 7) is 0. The van der Waals surface area contributed by atoms with Crippen molar-refractivity contribution in [2.45, 2.75) is 12.3 Å². The number of hydrogen-bond donors (Lipinski definition) is 1. The van der Waals surface area contributed by atoms with Gasteiger partial charge in [-0.1, -0.05) is 36.7 Å². The minimum absolute atomic E-state index is 0. The molecule has 0 aliphatic carbocycles. The maximum absolute atomic E-state index is 13.1. The summed E-state index contributed by atoms with van der Waals surface area (Å²) in [5, 5.41) is 4.16. The summed E-state index contributed by atoms with van der Waals surface area (Å²) in [5.74, 6) is 0.193. The Labute approximate surface area is 200 Å². The molecule has 4 aromatic rings. The number of pyridine rings is 1. The Morgan fingerprint density at radius 1 is 1.06 bits per heavy atom. The van der Waals surface area contributed by atoms with Gasteiger partial charge in [-0.25, -0.2) is 13.4 Å². The Morgan fingerprint density at radius 3 is 2.27 bits per heavy atom. The number of hydrogen-bond acceptors (Lipinski definition) is 7. The maximum Gasteiger partial charge on any atom is 0.293 e. The number of nitrogens with zero attached hydrogens (tertiary/aromatic N) is 3. The van der Waals surface area contributed by atoms with Crippen LogP contribution in [0.5, 0.6) is 0 Å². The van der Waals surface area contributed by atoms with E-state index in [9.17, 15) is 13.2 Å². The molecule has 2 aromatic carbocycles. The summed E-state index contributed by atoms with van der Waals surface area (Å²) in [6.07, 6.45) is 2.66. The lowest BCUT2D eigenvalue weighted by Crippen LogP contribution is -2.27. The van der Waals surface area contributed by atoms with E-state index in [4.69, 9.17) is 28.0 Å². The smallest absolute Gasteiger partial charge is 0.293 e. The molecule has 11 heteroatoms. The third-order valence-electron chi connectivity index (χ3n) is 4.66. The highest BCUT2D eigenvalue weighted by atomic mass is 35.5. The van der Waals surface area contributed by atoms with Crippen LogP contribution < -0.4 is 15.7 Å². The van der Waals surface area contributed by atoms with Gasteiger partial charge >= 0.3 is 0 Å².